The summed E-state index contributed by atoms with van der Waals surface area (Å²) in [5, 5.41) is 9.27. The summed E-state index contributed by atoms with van der Waals surface area (Å²) in [6.07, 6.45) is 1.19. The molecule has 0 bridgehead atoms. The smallest absolute Gasteiger partial charge is 0.326 e. The van der Waals surface area contributed by atoms with E-state index in [2.05, 4.69) is 0 Å². The molecular formula is C18H22N2O6. The number of carbonyl (C=O) groups is 3. The number of rotatable bonds is 5. The number of hydrogen-bond acceptors (Lipinski definition) is 5. The average molecular weight is 362 g/mol. The second-order valence-electron chi connectivity index (χ2n) is 6.50. The summed E-state index contributed by atoms with van der Waals surface area (Å²) in [6, 6.07) is 4.34. The van der Waals surface area contributed by atoms with E-state index in [-0.39, 0.29) is 24.8 Å². The van der Waals surface area contributed by atoms with Crippen LogP contribution in [-0.2, 0) is 14.4 Å². The number of nitrogens with zero attached hydrogens (tertiary/aromatic N) is 2. The quantitative estimate of drug-likeness (QED) is 0.844. The zero-order chi connectivity index (χ0) is 18.8. The van der Waals surface area contributed by atoms with Gasteiger partial charge in [0, 0.05) is 37.7 Å². The van der Waals surface area contributed by atoms with Gasteiger partial charge in [-0.1, -0.05) is 0 Å². The fraction of sp³-hybridized carbons (Fsp3) is 0.500. The first kappa shape index (κ1) is 18.0. The summed E-state index contributed by atoms with van der Waals surface area (Å²) < 4.78 is 10.5. The van der Waals surface area contributed by atoms with Gasteiger partial charge in [0.15, 0.2) is 0 Å². The maximum Gasteiger partial charge on any atom is 0.326 e. The van der Waals surface area contributed by atoms with Crippen LogP contribution in [0.3, 0.4) is 0 Å². The maximum atomic E-state index is 12.8. The molecule has 2 fully saturated rings. The lowest BCUT2D eigenvalue weighted by Crippen LogP contribution is -2.44. The molecule has 2 atom stereocenters. The Morgan fingerprint density at radius 2 is 1.81 bits per heavy atom. The van der Waals surface area contributed by atoms with E-state index >= 15 is 0 Å². The first-order chi connectivity index (χ1) is 12.4. The molecule has 140 valence electrons. The second-order valence-corrected chi connectivity index (χ2v) is 6.50. The lowest BCUT2D eigenvalue weighted by atomic mass is 10.1. The summed E-state index contributed by atoms with van der Waals surface area (Å²) >= 11 is 0. The van der Waals surface area contributed by atoms with E-state index in [0.29, 0.717) is 36.6 Å². The highest BCUT2D eigenvalue weighted by Crippen LogP contribution is 2.33. The third-order valence-electron chi connectivity index (χ3n) is 4.94. The summed E-state index contributed by atoms with van der Waals surface area (Å²) in [5.41, 5.74) is 0.595. The Kier molecular flexibility index (Phi) is 5.01. The van der Waals surface area contributed by atoms with Crippen LogP contribution in [0.4, 0.5) is 5.69 Å². The Hall–Kier alpha value is -2.77. The maximum absolute atomic E-state index is 12.8. The number of carbonyl (C=O) groups excluding carboxylic acids is 2. The van der Waals surface area contributed by atoms with E-state index < -0.39 is 17.9 Å². The molecule has 0 aliphatic carbocycles. The molecule has 1 N–H and O–H groups in total. The molecule has 1 aromatic rings. The van der Waals surface area contributed by atoms with Crippen molar-refractivity contribution in [3.8, 4) is 11.5 Å². The van der Waals surface area contributed by atoms with E-state index in [1.54, 1.807) is 18.2 Å². The van der Waals surface area contributed by atoms with Crippen LogP contribution < -0.4 is 14.4 Å². The fourth-order valence-electron chi connectivity index (χ4n) is 3.59. The molecule has 2 unspecified atom stereocenters. The highest BCUT2D eigenvalue weighted by Gasteiger charge is 2.42. The molecule has 0 aromatic heterocycles. The van der Waals surface area contributed by atoms with Gasteiger partial charge in [0.1, 0.15) is 17.5 Å². The zero-order valence-corrected chi connectivity index (χ0v) is 14.8. The minimum Gasteiger partial charge on any atom is -0.497 e. The van der Waals surface area contributed by atoms with Crippen LogP contribution in [0.1, 0.15) is 19.3 Å². The van der Waals surface area contributed by atoms with Gasteiger partial charge in [-0.15, -0.1) is 0 Å². The largest absolute Gasteiger partial charge is 0.497 e. The number of ether oxygens (including phenoxy) is 2. The fourth-order valence-corrected chi connectivity index (χ4v) is 3.59. The molecule has 3 rings (SSSR count). The standard InChI is InChI=1S/C18H22N2O6/c1-25-13-7-12(8-14(9-13)26-2)20-10-11(6-16(20)21)17(22)19-5-3-4-15(19)18(23)24/h7-9,11,15H,3-6,10H2,1-2H3,(H,23,24). The van der Waals surface area contributed by atoms with Gasteiger partial charge < -0.3 is 24.4 Å². The molecule has 0 spiro atoms. The second kappa shape index (κ2) is 7.23. The van der Waals surface area contributed by atoms with Gasteiger partial charge in [0.2, 0.25) is 11.8 Å². The number of amides is 2. The number of benzene rings is 1. The normalized spacial score (nSPS) is 22.6. The van der Waals surface area contributed by atoms with Crippen LogP contribution in [0, 0.1) is 5.92 Å². The summed E-state index contributed by atoms with van der Waals surface area (Å²) in [7, 11) is 3.05. The third-order valence-corrected chi connectivity index (χ3v) is 4.94. The van der Waals surface area contributed by atoms with Crippen LogP contribution in [0.5, 0.6) is 11.5 Å². The predicted molar refractivity (Wildman–Crippen MR) is 92.4 cm³/mol. The highest BCUT2D eigenvalue weighted by atomic mass is 16.5. The van der Waals surface area contributed by atoms with E-state index in [9.17, 15) is 19.5 Å². The SMILES string of the molecule is COc1cc(OC)cc(N2CC(C(=O)N3CCCC3C(=O)O)CC2=O)c1. The number of hydrogen-bond donors (Lipinski definition) is 1. The van der Waals surface area contributed by atoms with Crippen molar-refractivity contribution in [3.05, 3.63) is 18.2 Å². The Bertz CT molecular complexity index is 712. The summed E-state index contributed by atoms with van der Waals surface area (Å²) in [5.74, 6) is -0.876. The number of anilines is 1. The van der Waals surface area contributed by atoms with Crippen molar-refractivity contribution in [2.45, 2.75) is 25.3 Å². The topological polar surface area (TPSA) is 96.4 Å². The number of carboxylic acid groups (broad SMARTS) is 1. The Morgan fingerprint density at radius 1 is 1.15 bits per heavy atom. The summed E-state index contributed by atoms with van der Waals surface area (Å²) in [4.78, 5) is 39.5. The first-order valence-corrected chi connectivity index (χ1v) is 8.51. The molecule has 2 aliphatic heterocycles. The van der Waals surface area contributed by atoms with E-state index in [4.69, 9.17) is 9.47 Å². The van der Waals surface area contributed by atoms with Crippen LogP contribution >= 0.6 is 0 Å². The van der Waals surface area contributed by atoms with Gasteiger partial charge in [-0.05, 0) is 12.8 Å². The molecule has 2 aliphatic rings. The van der Waals surface area contributed by atoms with Crippen molar-refractivity contribution in [1.29, 1.82) is 0 Å². The van der Waals surface area contributed by atoms with Gasteiger partial charge in [0.05, 0.1) is 25.8 Å². The molecule has 8 nitrogen and oxygen atoms in total. The molecular weight excluding hydrogens is 340 g/mol. The lowest BCUT2D eigenvalue weighted by molar-refractivity contribution is -0.149. The molecule has 26 heavy (non-hydrogen) atoms. The van der Waals surface area contributed by atoms with Crippen LogP contribution in [0.25, 0.3) is 0 Å². The first-order valence-electron chi connectivity index (χ1n) is 8.51. The van der Waals surface area contributed by atoms with E-state index in [1.165, 1.54) is 24.0 Å². The molecule has 2 amide bonds. The van der Waals surface area contributed by atoms with Gasteiger partial charge in [-0.2, -0.15) is 0 Å². The Balaban J connectivity index is 1.78. The number of methoxy groups -OCH3 is 2. The molecule has 8 heteroatoms. The minimum atomic E-state index is -0.991. The van der Waals surface area contributed by atoms with Crippen LogP contribution in [0.2, 0.25) is 0 Å². The minimum absolute atomic E-state index is 0.0706. The zero-order valence-electron chi connectivity index (χ0n) is 14.8. The van der Waals surface area contributed by atoms with Crippen molar-refractivity contribution in [3.63, 3.8) is 0 Å². The van der Waals surface area contributed by atoms with Crippen molar-refractivity contribution < 1.29 is 29.0 Å². The Labute approximate surface area is 151 Å². The monoisotopic (exact) mass is 362 g/mol. The van der Waals surface area contributed by atoms with E-state index in [1.807, 2.05) is 0 Å². The van der Waals surface area contributed by atoms with Gasteiger partial charge in [0.25, 0.3) is 0 Å². The lowest BCUT2D eigenvalue weighted by Gasteiger charge is -2.24. The molecule has 2 heterocycles. The average Bonchev–Trinajstić information content (AvgIpc) is 3.27. The molecule has 2 saturated heterocycles. The molecule has 0 saturated carbocycles. The number of likely N-dealkylation sites (tertiary alicyclic amines) is 1. The number of carboxylic acids is 1. The van der Waals surface area contributed by atoms with Gasteiger partial charge in [-0.25, -0.2) is 4.79 Å². The van der Waals surface area contributed by atoms with Crippen LogP contribution in [0.15, 0.2) is 18.2 Å². The van der Waals surface area contributed by atoms with Crippen molar-refractivity contribution >= 4 is 23.5 Å². The predicted octanol–water partition coefficient (Wildman–Crippen LogP) is 1.13. The van der Waals surface area contributed by atoms with E-state index in [0.717, 1.165) is 0 Å². The van der Waals surface area contributed by atoms with Crippen molar-refractivity contribution in [2.75, 3.05) is 32.2 Å². The summed E-state index contributed by atoms with van der Waals surface area (Å²) in [6.45, 7) is 0.643. The van der Waals surface area contributed by atoms with Gasteiger partial charge >= 0.3 is 5.97 Å². The molecule has 1 aromatic carbocycles. The highest BCUT2D eigenvalue weighted by molar-refractivity contribution is 6.01. The Morgan fingerprint density at radius 3 is 2.38 bits per heavy atom. The third kappa shape index (κ3) is 3.31. The number of aliphatic carboxylic acids is 1. The van der Waals surface area contributed by atoms with Crippen LogP contribution in [-0.4, -0.2) is 61.1 Å². The molecule has 0 radical (unpaired) electrons. The van der Waals surface area contributed by atoms with Crippen molar-refractivity contribution in [1.82, 2.24) is 4.90 Å². The van der Waals surface area contributed by atoms with Crippen molar-refractivity contribution in [2.24, 2.45) is 5.92 Å². The van der Waals surface area contributed by atoms with Gasteiger partial charge in [-0.3, -0.25) is 9.59 Å².